The Morgan fingerprint density at radius 3 is 2.33 bits per heavy atom. The average molecular weight is 483 g/mol. The summed E-state index contributed by atoms with van der Waals surface area (Å²) in [5.74, 6) is 0.992. The van der Waals surface area contributed by atoms with Gasteiger partial charge in [0, 0.05) is 27.6 Å². The Hall–Kier alpha value is -2.10. The molecule has 0 fully saturated rings. The summed E-state index contributed by atoms with van der Waals surface area (Å²) in [6.07, 6.45) is -1.21. The molecule has 0 aliphatic heterocycles. The summed E-state index contributed by atoms with van der Waals surface area (Å²) in [5, 5.41) is 5.45. The smallest absolute Gasteiger partial charge is 0.651 e. The molecule has 0 bridgehead atoms. The quantitative estimate of drug-likeness (QED) is 0.265. The van der Waals surface area contributed by atoms with Gasteiger partial charge >= 0.3 is 35.7 Å². The zero-order chi connectivity index (χ0) is 23.1. The summed E-state index contributed by atoms with van der Waals surface area (Å²) in [4.78, 5) is 13.6. The molecule has 0 N–H and O–H groups in total. The van der Waals surface area contributed by atoms with Gasteiger partial charge in [-0.2, -0.15) is 13.2 Å². The van der Waals surface area contributed by atoms with Gasteiger partial charge in [0.2, 0.25) is 0 Å². The van der Waals surface area contributed by atoms with Crippen molar-refractivity contribution in [2.75, 3.05) is 20.8 Å². The van der Waals surface area contributed by atoms with E-state index < -0.39 is 12.7 Å². The van der Waals surface area contributed by atoms with Gasteiger partial charge in [-0.15, -0.1) is 17.9 Å². The van der Waals surface area contributed by atoms with E-state index in [0.29, 0.717) is 28.2 Å². The molecular weight excluding hydrogens is 462 g/mol. The van der Waals surface area contributed by atoms with Crippen LogP contribution in [0, 0.1) is 0 Å². The van der Waals surface area contributed by atoms with Crippen molar-refractivity contribution in [2.24, 2.45) is 0 Å². The zero-order valence-electron chi connectivity index (χ0n) is 18.5. The topological polar surface area (TPSA) is 49.6 Å². The van der Waals surface area contributed by atoms with Crippen LogP contribution in [0.3, 0.4) is 0 Å². The minimum absolute atomic E-state index is 0. The number of carbonyl (C=O) groups excluding carboxylic acids is 1. The molecule has 3 aromatic rings. The number of rotatable bonds is 9. The van der Waals surface area contributed by atoms with Crippen LogP contribution >= 0.6 is 11.3 Å². The number of hydrogen-bond acceptors (Lipinski definition) is 4. The number of methoxy groups -OCH3 is 2. The molecule has 33 heavy (non-hydrogen) atoms. The van der Waals surface area contributed by atoms with Gasteiger partial charge in [0.1, 0.15) is 11.5 Å². The van der Waals surface area contributed by atoms with Crippen LogP contribution in [-0.4, -0.2) is 32.7 Å². The van der Waals surface area contributed by atoms with Crippen LogP contribution in [0.25, 0.3) is 21.8 Å². The van der Waals surface area contributed by atoms with E-state index in [1.807, 2.05) is 23.6 Å². The fourth-order valence-electron chi connectivity index (χ4n) is 3.03. The SMILES string of the molecule is COc1cc(OC)c(-c2cccs2)cc1/C=C/C(=O)c1ccc(C[N-]CC(F)(F)F)cc1.[Na+]. The Morgan fingerprint density at radius 1 is 1.06 bits per heavy atom. The second kappa shape index (κ2) is 12.4. The molecule has 1 aromatic heterocycles. The molecule has 168 valence electrons. The summed E-state index contributed by atoms with van der Waals surface area (Å²) in [5.41, 5.74) is 2.63. The van der Waals surface area contributed by atoms with Gasteiger partial charge in [0.05, 0.1) is 14.2 Å². The minimum atomic E-state index is -4.31. The standard InChI is InChI=1S/C24H21F3NO3S.Na/c1-30-21-13-22(31-2)19(23-4-3-11-32-23)12-18(21)9-10-20(29)17-7-5-16(6-8-17)14-28-15-24(25,26)27;/h3-13H,14-15H2,1-2H3;/q-1;+1/b10-9+;. The Balaban J connectivity index is 0.00000385. The van der Waals surface area contributed by atoms with Gasteiger partial charge < -0.3 is 14.8 Å². The van der Waals surface area contributed by atoms with Gasteiger partial charge in [0.25, 0.3) is 0 Å². The predicted molar refractivity (Wildman–Crippen MR) is 121 cm³/mol. The zero-order valence-corrected chi connectivity index (χ0v) is 21.3. The molecule has 0 unspecified atom stereocenters. The second-order valence-corrected chi connectivity index (χ2v) is 7.77. The largest absolute Gasteiger partial charge is 1.00 e. The van der Waals surface area contributed by atoms with Crippen molar-refractivity contribution in [3.8, 4) is 21.9 Å². The summed E-state index contributed by atoms with van der Waals surface area (Å²) in [6.45, 7) is -1.24. The van der Waals surface area contributed by atoms with Gasteiger partial charge in [-0.25, -0.2) is 0 Å². The Bertz CT molecular complexity index is 1080. The number of ether oxygens (including phenoxy) is 2. The van der Waals surface area contributed by atoms with Crippen molar-refractivity contribution >= 4 is 23.2 Å². The van der Waals surface area contributed by atoms with Crippen molar-refractivity contribution in [2.45, 2.75) is 12.7 Å². The molecule has 3 rings (SSSR count). The van der Waals surface area contributed by atoms with Crippen molar-refractivity contribution in [3.63, 3.8) is 0 Å². The van der Waals surface area contributed by atoms with E-state index >= 15 is 0 Å². The molecule has 0 aliphatic rings. The number of allylic oxidation sites excluding steroid dienone is 1. The van der Waals surface area contributed by atoms with E-state index in [4.69, 9.17) is 9.47 Å². The molecule has 0 saturated carbocycles. The summed E-state index contributed by atoms with van der Waals surface area (Å²) >= 11 is 1.58. The van der Waals surface area contributed by atoms with Crippen LogP contribution in [0.5, 0.6) is 11.5 Å². The first-order chi connectivity index (χ1) is 15.3. The van der Waals surface area contributed by atoms with Crippen molar-refractivity contribution in [1.29, 1.82) is 0 Å². The molecule has 4 nitrogen and oxygen atoms in total. The van der Waals surface area contributed by atoms with Crippen LogP contribution in [0.1, 0.15) is 21.5 Å². The Kier molecular flexibility index (Phi) is 10.2. The van der Waals surface area contributed by atoms with Crippen LogP contribution in [-0.2, 0) is 6.54 Å². The van der Waals surface area contributed by atoms with E-state index in [0.717, 1.165) is 10.4 Å². The third kappa shape index (κ3) is 7.72. The monoisotopic (exact) mass is 483 g/mol. The number of alkyl halides is 3. The summed E-state index contributed by atoms with van der Waals surface area (Å²) in [6, 6.07) is 14.0. The van der Waals surface area contributed by atoms with Crippen molar-refractivity contribution in [1.82, 2.24) is 0 Å². The third-order valence-electron chi connectivity index (χ3n) is 4.58. The van der Waals surface area contributed by atoms with Crippen LogP contribution in [0.4, 0.5) is 13.2 Å². The fourth-order valence-corrected chi connectivity index (χ4v) is 3.77. The molecule has 2 aromatic carbocycles. The third-order valence-corrected chi connectivity index (χ3v) is 5.48. The van der Waals surface area contributed by atoms with Crippen LogP contribution in [0.2, 0.25) is 0 Å². The van der Waals surface area contributed by atoms with E-state index in [1.165, 1.54) is 6.08 Å². The first-order valence-corrected chi connectivity index (χ1v) is 10.5. The van der Waals surface area contributed by atoms with Gasteiger partial charge in [-0.3, -0.25) is 4.79 Å². The Morgan fingerprint density at radius 2 is 1.76 bits per heavy atom. The fraction of sp³-hybridized carbons (Fsp3) is 0.208. The van der Waals surface area contributed by atoms with E-state index in [1.54, 1.807) is 62.0 Å². The molecule has 0 atom stereocenters. The normalized spacial score (nSPS) is 11.3. The molecule has 9 heteroatoms. The van der Waals surface area contributed by atoms with Crippen LogP contribution < -0.4 is 39.0 Å². The number of ketones is 1. The number of thiophene rings is 1. The van der Waals surface area contributed by atoms with Gasteiger partial charge in [-0.1, -0.05) is 42.4 Å². The number of hydrogen-bond donors (Lipinski definition) is 0. The number of benzene rings is 2. The van der Waals surface area contributed by atoms with Crippen LogP contribution in [0.15, 0.2) is 60.0 Å². The molecule has 0 radical (unpaired) electrons. The van der Waals surface area contributed by atoms with Gasteiger partial charge in [0.15, 0.2) is 5.78 Å². The maximum atomic E-state index is 12.6. The maximum absolute atomic E-state index is 12.6. The molecule has 0 amide bonds. The Labute approximate surface area is 216 Å². The number of nitrogens with zero attached hydrogens (tertiary/aromatic N) is 1. The number of halogens is 3. The first-order valence-electron chi connectivity index (χ1n) is 9.62. The molecule has 0 aliphatic carbocycles. The summed E-state index contributed by atoms with van der Waals surface area (Å²) in [7, 11) is 3.13. The minimum Gasteiger partial charge on any atom is -0.651 e. The molecule has 0 saturated heterocycles. The van der Waals surface area contributed by atoms with E-state index in [2.05, 4.69) is 5.32 Å². The predicted octanol–water partition coefficient (Wildman–Crippen LogP) is 3.77. The first kappa shape index (κ1) is 27.1. The summed E-state index contributed by atoms with van der Waals surface area (Å²) < 4.78 is 47.5. The number of carbonyl (C=O) groups is 1. The van der Waals surface area contributed by atoms with E-state index in [9.17, 15) is 18.0 Å². The van der Waals surface area contributed by atoms with Gasteiger partial charge in [-0.05, 0) is 29.7 Å². The molecule has 0 spiro atoms. The molecular formula is C24H21F3NNaO3S. The maximum Gasteiger partial charge on any atom is 1.00 e. The van der Waals surface area contributed by atoms with Crippen molar-refractivity contribution < 1.29 is 57.0 Å². The average Bonchev–Trinajstić information content (AvgIpc) is 3.31. The second-order valence-electron chi connectivity index (χ2n) is 6.82. The van der Waals surface area contributed by atoms with Crippen molar-refractivity contribution in [3.05, 3.63) is 82.0 Å². The molecule has 1 heterocycles. The van der Waals surface area contributed by atoms with E-state index in [-0.39, 0.29) is 41.9 Å².